The lowest BCUT2D eigenvalue weighted by Crippen LogP contribution is -2.44. The van der Waals surface area contributed by atoms with Gasteiger partial charge in [0.05, 0.1) is 30.3 Å². The molecule has 1 aliphatic heterocycles. The molecule has 8 heteroatoms. The van der Waals surface area contributed by atoms with Crippen molar-refractivity contribution in [2.45, 2.75) is 55.5 Å². The number of aliphatic imine (C=N–C) groups is 1. The van der Waals surface area contributed by atoms with Gasteiger partial charge in [-0.25, -0.2) is 18.2 Å². The summed E-state index contributed by atoms with van der Waals surface area (Å²) in [4.78, 5) is 21.7. The number of hydrogen-bond donors (Lipinski definition) is 1. The predicted octanol–water partition coefficient (Wildman–Crippen LogP) is 5.72. The average molecular weight is 609 g/mol. The zero-order chi connectivity index (χ0) is 30.7. The van der Waals surface area contributed by atoms with E-state index in [0.29, 0.717) is 17.9 Å². The Morgan fingerprint density at radius 2 is 1.48 bits per heavy atom. The van der Waals surface area contributed by atoms with E-state index in [1.54, 1.807) is 6.92 Å². The van der Waals surface area contributed by atoms with Crippen molar-refractivity contribution in [1.29, 1.82) is 0 Å². The number of carbonyl (C=O) groups is 1. The molecule has 2 atom stereocenters. The molecule has 1 N–H and O–H groups in total. The molecule has 2 aliphatic rings. The van der Waals surface area contributed by atoms with E-state index >= 15 is 0 Å². The van der Waals surface area contributed by atoms with Crippen molar-refractivity contribution in [3.8, 4) is 0 Å². The summed E-state index contributed by atoms with van der Waals surface area (Å²) in [6.07, 6.45) is 1.46. The van der Waals surface area contributed by atoms with Crippen LogP contribution in [0.25, 0.3) is 0 Å². The SMILES string of the molecule is CCOC(=O)[C@]1(c2ccccc2)N=C(c2ccc(CO)cc2)N(Cc2ccccc2)[C@@H]1c1ccc(CS(=O)(=O)C2CC2)cc1. The molecule has 4 aromatic carbocycles. The maximum absolute atomic E-state index is 14.3. The largest absolute Gasteiger partial charge is 0.464 e. The first kappa shape index (κ1) is 29.8. The first-order valence-corrected chi connectivity index (χ1v) is 16.7. The van der Waals surface area contributed by atoms with Crippen LogP contribution in [0.5, 0.6) is 0 Å². The average Bonchev–Trinajstić information content (AvgIpc) is 3.86. The van der Waals surface area contributed by atoms with Crippen molar-refractivity contribution < 1.29 is 23.1 Å². The Kier molecular flexibility index (Phi) is 8.38. The number of sulfone groups is 1. The van der Waals surface area contributed by atoms with Gasteiger partial charge in [-0.05, 0) is 47.6 Å². The Morgan fingerprint density at radius 1 is 0.864 bits per heavy atom. The Balaban J connectivity index is 1.54. The number of nitrogens with zero attached hydrogens (tertiary/aromatic N) is 2. The minimum Gasteiger partial charge on any atom is -0.464 e. The van der Waals surface area contributed by atoms with Gasteiger partial charge in [0.1, 0.15) is 5.84 Å². The monoisotopic (exact) mass is 608 g/mol. The van der Waals surface area contributed by atoms with E-state index in [4.69, 9.17) is 9.73 Å². The van der Waals surface area contributed by atoms with Crippen LogP contribution in [0.4, 0.5) is 0 Å². The Bertz CT molecular complexity index is 1740. The van der Waals surface area contributed by atoms with Crippen molar-refractivity contribution in [2.24, 2.45) is 4.99 Å². The minimum atomic E-state index is -3.19. The second kappa shape index (κ2) is 12.4. The second-order valence-corrected chi connectivity index (χ2v) is 13.7. The molecule has 4 aromatic rings. The van der Waals surface area contributed by atoms with Crippen LogP contribution >= 0.6 is 0 Å². The van der Waals surface area contributed by atoms with Gasteiger partial charge < -0.3 is 14.7 Å². The smallest absolute Gasteiger partial charge is 0.341 e. The molecule has 0 radical (unpaired) electrons. The fraction of sp³-hybridized carbons (Fsp3) is 0.278. The van der Waals surface area contributed by atoms with E-state index in [9.17, 15) is 18.3 Å². The number of carbonyl (C=O) groups excluding carboxylic acids is 1. The van der Waals surface area contributed by atoms with Crippen molar-refractivity contribution in [1.82, 2.24) is 4.90 Å². The van der Waals surface area contributed by atoms with Gasteiger partial charge in [-0.3, -0.25) is 0 Å². The molecule has 0 bridgehead atoms. The van der Waals surface area contributed by atoms with E-state index in [1.807, 2.05) is 109 Å². The first-order chi connectivity index (χ1) is 21.4. The molecular formula is C36H36N2O5S. The highest BCUT2D eigenvalue weighted by Gasteiger charge is 2.57. The summed E-state index contributed by atoms with van der Waals surface area (Å²) in [6.45, 7) is 2.35. The van der Waals surface area contributed by atoms with Gasteiger partial charge in [0, 0.05) is 12.1 Å². The molecule has 6 rings (SSSR count). The van der Waals surface area contributed by atoms with Crippen LogP contribution in [0.3, 0.4) is 0 Å². The van der Waals surface area contributed by atoms with Crippen LogP contribution in [0, 0.1) is 0 Å². The fourth-order valence-electron chi connectivity index (χ4n) is 6.00. The zero-order valence-corrected chi connectivity index (χ0v) is 25.5. The van der Waals surface area contributed by atoms with Gasteiger partial charge in [-0.1, -0.05) is 109 Å². The predicted molar refractivity (Wildman–Crippen MR) is 170 cm³/mol. The number of aliphatic hydroxyl groups excluding tert-OH is 1. The Hall–Kier alpha value is -4.27. The molecule has 0 spiro atoms. The van der Waals surface area contributed by atoms with Crippen molar-refractivity contribution in [2.75, 3.05) is 6.61 Å². The maximum atomic E-state index is 14.3. The highest BCUT2D eigenvalue weighted by atomic mass is 32.2. The quantitative estimate of drug-likeness (QED) is 0.219. The van der Waals surface area contributed by atoms with Gasteiger partial charge in [-0.2, -0.15) is 0 Å². The first-order valence-electron chi connectivity index (χ1n) is 15.0. The van der Waals surface area contributed by atoms with Crippen molar-refractivity contribution in [3.63, 3.8) is 0 Å². The number of amidine groups is 1. The molecule has 0 unspecified atom stereocenters. The van der Waals surface area contributed by atoms with Crippen LogP contribution in [0.15, 0.2) is 114 Å². The van der Waals surface area contributed by atoms with Crippen LogP contribution < -0.4 is 0 Å². The number of aliphatic hydroxyl groups is 1. The van der Waals surface area contributed by atoms with E-state index in [-0.39, 0.29) is 24.2 Å². The molecule has 0 aromatic heterocycles. The Labute approximate surface area is 258 Å². The highest BCUT2D eigenvalue weighted by Crippen LogP contribution is 2.50. The van der Waals surface area contributed by atoms with Crippen LogP contribution in [-0.2, 0) is 43.8 Å². The Morgan fingerprint density at radius 3 is 2.07 bits per heavy atom. The number of benzene rings is 4. The molecule has 0 saturated heterocycles. The van der Waals surface area contributed by atoms with Crippen molar-refractivity contribution in [3.05, 3.63) is 143 Å². The van der Waals surface area contributed by atoms with E-state index in [0.717, 1.165) is 40.7 Å². The van der Waals surface area contributed by atoms with E-state index in [1.165, 1.54) is 0 Å². The number of rotatable bonds is 11. The molecule has 44 heavy (non-hydrogen) atoms. The standard InChI is InChI=1S/C36H36N2O5S/c1-2-43-35(40)36(31-11-7-4-8-12-31)33(29-17-15-28(16-18-29)25-44(41,42)32-21-22-32)38(23-26-9-5-3-6-10-26)34(37-36)30-19-13-27(24-39)14-20-30/h3-20,32-33,39H,2,21-25H2,1H3/t33-,36-/m1/s1. The summed E-state index contributed by atoms with van der Waals surface area (Å²) in [5.74, 6) is 0.161. The normalized spacial score (nSPS) is 19.9. The number of hydrogen-bond acceptors (Lipinski definition) is 7. The van der Waals surface area contributed by atoms with Crippen LogP contribution in [-0.4, -0.2) is 42.1 Å². The zero-order valence-electron chi connectivity index (χ0n) is 24.7. The fourth-order valence-corrected chi connectivity index (χ4v) is 7.75. The van der Waals surface area contributed by atoms with E-state index < -0.39 is 27.4 Å². The summed E-state index contributed by atoms with van der Waals surface area (Å²) in [6, 6.07) is 34.0. The lowest BCUT2D eigenvalue weighted by molar-refractivity contribution is -0.151. The van der Waals surface area contributed by atoms with Crippen LogP contribution in [0.1, 0.15) is 59.2 Å². The number of ether oxygens (including phenoxy) is 1. The molecular weight excluding hydrogens is 572 g/mol. The molecule has 226 valence electrons. The van der Waals surface area contributed by atoms with Crippen LogP contribution in [0.2, 0.25) is 0 Å². The topological polar surface area (TPSA) is 96.3 Å². The molecule has 1 aliphatic carbocycles. The van der Waals surface area contributed by atoms with Gasteiger partial charge >= 0.3 is 5.97 Å². The summed E-state index contributed by atoms with van der Waals surface area (Å²) < 4.78 is 31.3. The van der Waals surface area contributed by atoms with Gasteiger partial charge in [0.15, 0.2) is 9.84 Å². The second-order valence-electron chi connectivity index (χ2n) is 11.4. The third kappa shape index (κ3) is 5.79. The van der Waals surface area contributed by atoms with Gasteiger partial charge in [-0.15, -0.1) is 0 Å². The third-order valence-electron chi connectivity index (χ3n) is 8.35. The molecule has 0 amide bonds. The van der Waals surface area contributed by atoms with Gasteiger partial charge in [0.2, 0.25) is 5.54 Å². The minimum absolute atomic E-state index is 0.00297. The third-order valence-corrected chi connectivity index (χ3v) is 10.6. The summed E-state index contributed by atoms with van der Waals surface area (Å²) in [7, 11) is -3.19. The van der Waals surface area contributed by atoms with Crippen molar-refractivity contribution >= 4 is 21.6 Å². The molecule has 1 saturated carbocycles. The lowest BCUT2D eigenvalue weighted by Gasteiger charge is -2.37. The summed E-state index contributed by atoms with van der Waals surface area (Å²) in [5, 5.41) is 9.45. The highest BCUT2D eigenvalue weighted by molar-refractivity contribution is 7.91. The summed E-state index contributed by atoms with van der Waals surface area (Å²) >= 11 is 0. The number of esters is 1. The lowest BCUT2D eigenvalue weighted by atomic mass is 9.79. The molecule has 1 heterocycles. The van der Waals surface area contributed by atoms with E-state index in [2.05, 4.69) is 4.90 Å². The molecule has 7 nitrogen and oxygen atoms in total. The molecule has 1 fully saturated rings. The van der Waals surface area contributed by atoms with Gasteiger partial charge in [0.25, 0.3) is 0 Å². The maximum Gasteiger partial charge on any atom is 0.341 e. The summed E-state index contributed by atoms with van der Waals surface area (Å²) in [5.41, 5.74) is 3.40.